The minimum atomic E-state index is -0.319. The lowest BCUT2D eigenvalue weighted by atomic mass is 10.2. The number of hydrogen-bond acceptors (Lipinski definition) is 4. The highest BCUT2D eigenvalue weighted by molar-refractivity contribution is 9.10. The van der Waals surface area contributed by atoms with E-state index in [-0.39, 0.29) is 19.0 Å². The Labute approximate surface area is 102 Å². The van der Waals surface area contributed by atoms with Crippen LogP contribution in [0.4, 0.5) is 0 Å². The molecule has 0 aliphatic rings. The first-order valence-corrected chi connectivity index (χ1v) is 5.41. The molecule has 0 heterocycles. The lowest BCUT2D eigenvalue weighted by Gasteiger charge is -2.07. The number of carbonyl (C=O) groups is 2. The summed E-state index contributed by atoms with van der Waals surface area (Å²) in [6.07, 6.45) is 0.946. The zero-order chi connectivity index (χ0) is 12.0. The summed E-state index contributed by atoms with van der Waals surface area (Å²) >= 11 is 3.27. The normalized spacial score (nSPS) is 9.62. The fourth-order valence-electron chi connectivity index (χ4n) is 1.05. The van der Waals surface area contributed by atoms with Gasteiger partial charge in [0.15, 0.2) is 0 Å². The van der Waals surface area contributed by atoms with E-state index < -0.39 is 0 Å². The van der Waals surface area contributed by atoms with Crippen LogP contribution in [-0.2, 0) is 9.53 Å². The van der Waals surface area contributed by atoms with Crippen molar-refractivity contribution in [3.05, 3.63) is 28.2 Å². The highest BCUT2D eigenvalue weighted by Crippen LogP contribution is 2.25. The van der Waals surface area contributed by atoms with Gasteiger partial charge in [0.25, 0.3) is 0 Å². The van der Waals surface area contributed by atoms with Crippen LogP contribution in [0.15, 0.2) is 22.7 Å². The number of rotatable bonds is 5. The summed E-state index contributed by atoms with van der Waals surface area (Å²) < 4.78 is 10.5. The summed E-state index contributed by atoms with van der Waals surface area (Å²) in [5, 5.41) is 0. The highest BCUT2D eigenvalue weighted by atomic mass is 79.9. The Morgan fingerprint density at radius 1 is 1.50 bits per heavy atom. The van der Waals surface area contributed by atoms with Gasteiger partial charge < -0.3 is 9.47 Å². The molecule has 5 heteroatoms. The average Bonchev–Trinajstić information content (AvgIpc) is 2.30. The van der Waals surface area contributed by atoms with Gasteiger partial charge in [-0.05, 0) is 34.1 Å². The van der Waals surface area contributed by atoms with Crippen molar-refractivity contribution in [2.45, 2.75) is 6.42 Å². The van der Waals surface area contributed by atoms with Gasteiger partial charge in [0, 0.05) is 5.56 Å². The van der Waals surface area contributed by atoms with Gasteiger partial charge >= 0.3 is 5.97 Å². The van der Waals surface area contributed by atoms with Crippen LogP contribution < -0.4 is 4.74 Å². The summed E-state index contributed by atoms with van der Waals surface area (Å²) in [5.74, 6) is 0.273. The van der Waals surface area contributed by atoms with Gasteiger partial charge in [-0.1, -0.05) is 0 Å². The molecule has 1 aromatic rings. The van der Waals surface area contributed by atoms with Gasteiger partial charge in [0.1, 0.15) is 12.0 Å². The second kappa shape index (κ2) is 6.27. The number of esters is 1. The van der Waals surface area contributed by atoms with Crippen LogP contribution in [-0.4, -0.2) is 26.0 Å². The SMILES string of the molecule is COC(=O)CCOc1ccc(C=O)cc1Br. The lowest BCUT2D eigenvalue weighted by Crippen LogP contribution is -2.07. The second-order valence-corrected chi connectivity index (χ2v) is 3.84. The monoisotopic (exact) mass is 286 g/mol. The maximum absolute atomic E-state index is 10.8. The van der Waals surface area contributed by atoms with Gasteiger partial charge in [-0.2, -0.15) is 0 Å². The van der Waals surface area contributed by atoms with E-state index >= 15 is 0 Å². The Morgan fingerprint density at radius 3 is 2.81 bits per heavy atom. The predicted molar refractivity (Wildman–Crippen MR) is 61.7 cm³/mol. The molecule has 0 spiro atoms. The van der Waals surface area contributed by atoms with Crippen LogP contribution in [0.5, 0.6) is 5.75 Å². The summed E-state index contributed by atoms with van der Waals surface area (Å²) in [6, 6.07) is 4.97. The number of hydrogen-bond donors (Lipinski definition) is 0. The number of halogens is 1. The van der Waals surface area contributed by atoms with E-state index in [1.54, 1.807) is 18.2 Å². The Kier molecular flexibility index (Phi) is 4.98. The molecule has 0 fully saturated rings. The Hall–Kier alpha value is -1.36. The van der Waals surface area contributed by atoms with Crippen molar-refractivity contribution in [3.8, 4) is 5.75 Å². The molecule has 1 rings (SSSR count). The van der Waals surface area contributed by atoms with E-state index in [4.69, 9.17) is 4.74 Å². The second-order valence-electron chi connectivity index (χ2n) is 2.98. The van der Waals surface area contributed by atoms with Gasteiger partial charge in [-0.25, -0.2) is 0 Å². The van der Waals surface area contributed by atoms with E-state index in [2.05, 4.69) is 20.7 Å². The molecule has 0 aromatic heterocycles. The average molecular weight is 287 g/mol. The molecule has 0 saturated carbocycles. The van der Waals surface area contributed by atoms with Crippen LogP contribution >= 0.6 is 15.9 Å². The quantitative estimate of drug-likeness (QED) is 0.615. The smallest absolute Gasteiger partial charge is 0.308 e. The third-order valence-electron chi connectivity index (χ3n) is 1.88. The molecular formula is C11H11BrO4. The van der Waals surface area contributed by atoms with E-state index in [1.807, 2.05) is 0 Å². The van der Waals surface area contributed by atoms with Gasteiger partial charge in [0.2, 0.25) is 0 Å². The largest absolute Gasteiger partial charge is 0.492 e. The van der Waals surface area contributed by atoms with Crippen molar-refractivity contribution >= 4 is 28.2 Å². The minimum Gasteiger partial charge on any atom is -0.492 e. The van der Waals surface area contributed by atoms with Crippen molar-refractivity contribution in [1.82, 2.24) is 0 Å². The first-order chi connectivity index (χ1) is 7.67. The lowest BCUT2D eigenvalue weighted by molar-refractivity contribution is -0.141. The zero-order valence-corrected chi connectivity index (χ0v) is 10.3. The Bertz CT molecular complexity index is 390. The van der Waals surface area contributed by atoms with E-state index in [9.17, 15) is 9.59 Å². The van der Waals surface area contributed by atoms with Crippen LogP contribution in [0.25, 0.3) is 0 Å². The first kappa shape index (κ1) is 12.7. The molecule has 16 heavy (non-hydrogen) atoms. The number of benzene rings is 1. The molecule has 0 radical (unpaired) electrons. The van der Waals surface area contributed by atoms with Crippen LogP contribution in [0.3, 0.4) is 0 Å². The van der Waals surface area contributed by atoms with Crippen molar-refractivity contribution in [1.29, 1.82) is 0 Å². The van der Waals surface area contributed by atoms with Crippen molar-refractivity contribution in [3.63, 3.8) is 0 Å². The summed E-state index contributed by atoms with van der Waals surface area (Å²) in [4.78, 5) is 21.3. The van der Waals surface area contributed by atoms with Crippen molar-refractivity contribution < 1.29 is 19.1 Å². The molecule has 0 bridgehead atoms. The maximum atomic E-state index is 10.8. The van der Waals surface area contributed by atoms with Gasteiger partial charge in [-0.3, -0.25) is 9.59 Å². The number of ether oxygens (including phenoxy) is 2. The molecule has 0 unspecified atom stereocenters. The fraction of sp³-hybridized carbons (Fsp3) is 0.273. The zero-order valence-electron chi connectivity index (χ0n) is 8.73. The molecule has 0 aliphatic carbocycles. The Morgan fingerprint density at radius 2 is 2.25 bits per heavy atom. The summed E-state index contributed by atoms with van der Waals surface area (Å²) in [5.41, 5.74) is 0.562. The molecule has 86 valence electrons. The van der Waals surface area contributed by atoms with Crippen molar-refractivity contribution in [2.24, 2.45) is 0 Å². The van der Waals surface area contributed by atoms with E-state index in [0.717, 1.165) is 6.29 Å². The molecule has 1 aromatic carbocycles. The van der Waals surface area contributed by atoms with Crippen molar-refractivity contribution in [2.75, 3.05) is 13.7 Å². The predicted octanol–water partition coefficient (Wildman–Crippen LogP) is 2.20. The number of aldehydes is 1. The summed E-state index contributed by atoms with van der Waals surface area (Å²) in [6.45, 7) is 0.242. The minimum absolute atomic E-state index is 0.193. The molecule has 0 aliphatic heterocycles. The maximum Gasteiger partial charge on any atom is 0.308 e. The molecular weight excluding hydrogens is 276 g/mol. The topological polar surface area (TPSA) is 52.6 Å². The molecule has 0 atom stereocenters. The molecule has 0 saturated heterocycles. The molecule has 0 amide bonds. The van der Waals surface area contributed by atoms with Crippen LogP contribution in [0.1, 0.15) is 16.8 Å². The third kappa shape index (κ3) is 3.66. The number of carbonyl (C=O) groups excluding carboxylic acids is 2. The summed E-state index contributed by atoms with van der Waals surface area (Å²) in [7, 11) is 1.33. The van der Waals surface area contributed by atoms with Gasteiger partial charge in [-0.15, -0.1) is 0 Å². The third-order valence-corrected chi connectivity index (χ3v) is 2.50. The molecule has 4 nitrogen and oxygen atoms in total. The van der Waals surface area contributed by atoms with Gasteiger partial charge in [0.05, 0.1) is 24.6 Å². The molecule has 0 N–H and O–H groups in total. The standard InChI is InChI=1S/C11H11BrO4/c1-15-11(14)4-5-16-10-3-2-8(7-13)6-9(10)12/h2-3,6-7H,4-5H2,1H3. The first-order valence-electron chi connectivity index (χ1n) is 4.61. The van der Waals surface area contributed by atoms with Crippen LogP contribution in [0, 0.1) is 0 Å². The van der Waals surface area contributed by atoms with Crippen LogP contribution in [0.2, 0.25) is 0 Å². The number of methoxy groups -OCH3 is 1. The fourth-order valence-corrected chi connectivity index (χ4v) is 1.56. The van der Waals surface area contributed by atoms with E-state index in [1.165, 1.54) is 7.11 Å². The van der Waals surface area contributed by atoms with E-state index in [0.29, 0.717) is 15.8 Å². The highest BCUT2D eigenvalue weighted by Gasteiger charge is 2.04. The Balaban J connectivity index is 2.54.